The molecule has 3 unspecified atom stereocenters. The molecule has 0 bridgehead atoms. The molecule has 0 radical (unpaired) electrons. The van der Waals surface area contributed by atoms with Crippen molar-refractivity contribution < 1.29 is 32.5 Å². The highest BCUT2D eigenvalue weighted by Crippen LogP contribution is 2.53. The van der Waals surface area contributed by atoms with Gasteiger partial charge in [-0.2, -0.15) is 18.2 Å². The predicted octanol–water partition coefficient (Wildman–Crippen LogP) is 3.68. The molecule has 3 atom stereocenters. The number of halogens is 3. The molecule has 1 aromatic carbocycles. The van der Waals surface area contributed by atoms with Gasteiger partial charge in [-0.25, -0.2) is 4.79 Å². The van der Waals surface area contributed by atoms with Crippen molar-refractivity contribution in [1.29, 1.82) is 0 Å². The van der Waals surface area contributed by atoms with Gasteiger partial charge in [0.05, 0.1) is 25.7 Å². The fourth-order valence-electron chi connectivity index (χ4n) is 5.08. The minimum atomic E-state index is -4.29. The van der Waals surface area contributed by atoms with Crippen LogP contribution in [0.5, 0.6) is 5.88 Å². The number of carbonyl (C=O) groups is 1. The van der Waals surface area contributed by atoms with Crippen LogP contribution in [-0.2, 0) is 4.74 Å². The number of nitrogens with zero attached hydrogens (tertiary/aromatic N) is 3. The van der Waals surface area contributed by atoms with Crippen molar-refractivity contribution in [2.45, 2.75) is 25.6 Å². The van der Waals surface area contributed by atoms with Crippen LogP contribution < -0.4 is 15.0 Å². The molecule has 1 aromatic heterocycles. The topological polar surface area (TPSA) is 87.2 Å². The highest BCUT2D eigenvalue weighted by molar-refractivity contribution is 5.91. The van der Waals surface area contributed by atoms with Gasteiger partial charge in [-0.3, -0.25) is 0 Å². The van der Waals surface area contributed by atoms with Crippen molar-refractivity contribution in [3.63, 3.8) is 0 Å². The number of amides is 2. The van der Waals surface area contributed by atoms with E-state index in [1.165, 1.54) is 4.90 Å². The highest BCUT2D eigenvalue weighted by Gasteiger charge is 2.63. The monoisotopic (exact) mass is 506 g/mol. The van der Waals surface area contributed by atoms with Crippen LogP contribution >= 0.6 is 0 Å². The largest absolute Gasteiger partial charge is 0.475 e. The van der Waals surface area contributed by atoms with Gasteiger partial charge in [0.25, 0.3) is 0 Å². The molecule has 36 heavy (non-hydrogen) atoms. The molecular formula is C25H29F3N4O4. The molecular weight excluding hydrogens is 477 g/mol. The number of rotatable bonds is 6. The van der Waals surface area contributed by atoms with E-state index in [4.69, 9.17) is 9.47 Å². The summed E-state index contributed by atoms with van der Waals surface area (Å²) in [6, 6.07) is 8.26. The van der Waals surface area contributed by atoms with E-state index in [0.717, 1.165) is 16.7 Å². The number of benzene rings is 1. The molecule has 3 fully saturated rings. The second-order valence-corrected chi connectivity index (χ2v) is 9.45. The Morgan fingerprint density at radius 3 is 2.72 bits per heavy atom. The fourth-order valence-corrected chi connectivity index (χ4v) is 5.08. The van der Waals surface area contributed by atoms with Gasteiger partial charge in [0, 0.05) is 37.4 Å². The second kappa shape index (κ2) is 9.78. The zero-order chi connectivity index (χ0) is 25.4. The SMILES string of the molecule is Cc1ccc(NC(=O)N2CC(C(F)(F)F)C3CC32)cc1-c1cc(OCCO)nc(N2CCOCC2)c1. The first-order valence-electron chi connectivity index (χ1n) is 12.1. The Kier molecular flexibility index (Phi) is 6.69. The van der Waals surface area contributed by atoms with Gasteiger partial charge in [-0.05, 0) is 54.2 Å². The van der Waals surface area contributed by atoms with Gasteiger partial charge < -0.3 is 29.7 Å². The van der Waals surface area contributed by atoms with Crippen molar-refractivity contribution in [3.05, 3.63) is 35.9 Å². The van der Waals surface area contributed by atoms with Crippen LogP contribution in [0.25, 0.3) is 11.1 Å². The minimum Gasteiger partial charge on any atom is -0.475 e. The molecule has 2 N–H and O–H groups in total. The summed E-state index contributed by atoms with van der Waals surface area (Å²) in [5.41, 5.74) is 3.09. The third-order valence-electron chi connectivity index (χ3n) is 7.06. The summed E-state index contributed by atoms with van der Waals surface area (Å²) in [6.45, 7) is 4.14. The van der Waals surface area contributed by atoms with Gasteiger partial charge in [0.1, 0.15) is 12.4 Å². The van der Waals surface area contributed by atoms with E-state index in [2.05, 4.69) is 15.2 Å². The standard InChI is InChI=1S/C25H29F3N4O4/c1-15-2-3-17(29-24(34)32-14-20(25(26,27)28)19-13-21(19)32)12-18(15)16-10-22(31-4-7-35-8-5-31)30-23(11-16)36-9-6-33/h2-3,10-12,19-21,33H,4-9,13-14H2,1H3,(H,29,34). The van der Waals surface area contributed by atoms with E-state index in [1.54, 1.807) is 12.1 Å². The van der Waals surface area contributed by atoms with Crippen molar-refractivity contribution in [2.24, 2.45) is 11.8 Å². The number of alkyl halides is 3. The lowest BCUT2D eigenvalue weighted by Gasteiger charge is -2.28. The van der Waals surface area contributed by atoms with E-state index in [9.17, 15) is 23.1 Å². The quantitative estimate of drug-likeness (QED) is 0.622. The number of aliphatic hydroxyl groups excluding tert-OH is 1. The number of likely N-dealkylation sites (tertiary alicyclic amines) is 1. The Labute approximate surface area is 207 Å². The number of hydrogen-bond acceptors (Lipinski definition) is 6. The maximum Gasteiger partial charge on any atom is 0.393 e. The maximum atomic E-state index is 13.3. The lowest BCUT2D eigenvalue weighted by Crippen LogP contribution is -2.38. The van der Waals surface area contributed by atoms with Crippen molar-refractivity contribution in [1.82, 2.24) is 9.88 Å². The second-order valence-electron chi connectivity index (χ2n) is 9.45. The third-order valence-corrected chi connectivity index (χ3v) is 7.06. The van der Waals surface area contributed by atoms with Crippen molar-refractivity contribution in [2.75, 3.05) is 56.3 Å². The number of anilines is 2. The van der Waals surface area contributed by atoms with E-state index >= 15 is 0 Å². The van der Waals surface area contributed by atoms with Gasteiger partial charge in [-0.15, -0.1) is 0 Å². The van der Waals surface area contributed by atoms with Crippen LogP contribution in [0.1, 0.15) is 12.0 Å². The molecule has 0 spiro atoms. The molecule has 8 nitrogen and oxygen atoms in total. The van der Waals surface area contributed by atoms with Crippen LogP contribution in [0, 0.1) is 18.8 Å². The van der Waals surface area contributed by atoms with E-state index in [1.807, 2.05) is 25.1 Å². The first kappa shape index (κ1) is 24.6. The molecule has 5 rings (SSSR count). The molecule has 2 aromatic rings. The van der Waals surface area contributed by atoms with E-state index in [0.29, 0.717) is 50.1 Å². The summed E-state index contributed by atoms with van der Waals surface area (Å²) in [7, 11) is 0. The van der Waals surface area contributed by atoms with Crippen molar-refractivity contribution >= 4 is 17.5 Å². The number of pyridine rings is 1. The number of nitrogens with one attached hydrogen (secondary N) is 1. The number of hydrogen-bond donors (Lipinski definition) is 2. The number of aryl methyl sites for hydroxylation is 1. The predicted molar refractivity (Wildman–Crippen MR) is 127 cm³/mol. The summed E-state index contributed by atoms with van der Waals surface area (Å²) >= 11 is 0. The van der Waals surface area contributed by atoms with E-state index < -0.39 is 24.0 Å². The number of piperidine rings is 1. The van der Waals surface area contributed by atoms with E-state index in [-0.39, 0.29) is 25.8 Å². The number of fused-ring (bicyclic) bond motifs is 1. The van der Waals surface area contributed by atoms with Crippen LogP contribution in [0.3, 0.4) is 0 Å². The lowest BCUT2D eigenvalue weighted by atomic mass is 10.0. The molecule has 1 aliphatic carbocycles. The first-order chi connectivity index (χ1) is 17.2. The number of ether oxygens (including phenoxy) is 2. The number of urea groups is 1. The molecule has 3 heterocycles. The lowest BCUT2D eigenvalue weighted by molar-refractivity contribution is -0.176. The van der Waals surface area contributed by atoms with Crippen LogP contribution in [0.15, 0.2) is 30.3 Å². The summed E-state index contributed by atoms with van der Waals surface area (Å²) in [4.78, 5) is 20.9. The minimum absolute atomic E-state index is 0.102. The third kappa shape index (κ3) is 5.08. The Bertz CT molecular complexity index is 1120. The zero-order valence-corrected chi connectivity index (χ0v) is 19.9. The first-order valence-corrected chi connectivity index (χ1v) is 12.1. The van der Waals surface area contributed by atoms with Crippen LogP contribution in [0.4, 0.5) is 29.5 Å². The Morgan fingerprint density at radius 1 is 1.25 bits per heavy atom. The van der Waals surface area contributed by atoms with Gasteiger partial charge in [0.2, 0.25) is 5.88 Å². The number of aliphatic hydroxyl groups is 1. The summed E-state index contributed by atoms with van der Waals surface area (Å²) < 4.78 is 50.9. The summed E-state index contributed by atoms with van der Waals surface area (Å²) in [5, 5.41) is 12.0. The smallest absolute Gasteiger partial charge is 0.393 e. The molecule has 3 aliphatic rings. The van der Waals surface area contributed by atoms with Gasteiger partial charge >= 0.3 is 12.2 Å². The number of carbonyl (C=O) groups excluding carboxylic acids is 1. The number of aromatic nitrogens is 1. The van der Waals surface area contributed by atoms with Crippen LogP contribution in [-0.4, -0.2) is 79.3 Å². The molecule has 2 aliphatic heterocycles. The summed E-state index contributed by atoms with van der Waals surface area (Å²) in [5.74, 6) is -0.855. The fraction of sp³-hybridized carbons (Fsp3) is 0.520. The Balaban J connectivity index is 1.39. The maximum absolute atomic E-state index is 13.3. The zero-order valence-electron chi connectivity index (χ0n) is 19.9. The van der Waals surface area contributed by atoms with Crippen LogP contribution in [0.2, 0.25) is 0 Å². The van der Waals surface area contributed by atoms with Crippen molar-refractivity contribution in [3.8, 4) is 17.0 Å². The highest BCUT2D eigenvalue weighted by atomic mass is 19.4. The summed E-state index contributed by atoms with van der Waals surface area (Å²) in [6.07, 6.45) is -3.89. The molecule has 2 amide bonds. The Morgan fingerprint density at radius 2 is 2.03 bits per heavy atom. The molecule has 194 valence electrons. The molecule has 1 saturated carbocycles. The molecule has 11 heteroatoms. The van der Waals surface area contributed by atoms with Gasteiger partial charge in [0.15, 0.2) is 0 Å². The Hall–Kier alpha value is -3.05. The van der Waals surface area contributed by atoms with Gasteiger partial charge in [-0.1, -0.05) is 6.07 Å². The number of morpholine rings is 1. The molecule has 2 saturated heterocycles. The average molecular weight is 507 g/mol. The normalized spacial score (nSPS) is 23.4. The average Bonchev–Trinajstić information content (AvgIpc) is 3.54.